The van der Waals surface area contributed by atoms with Gasteiger partial charge in [-0.2, -0.15) is 0 Å². The smallest absolute Gasteiger partial charge is 0.229 e. The van der Waals surface area contributed by atoms with Crippen molar-refractivity contribution in [2.75, 3.05) is 12.4 Å². The van der Waals surface area contributed by atoms with Gasteiger partial charge in [0.1, 0.15) is 0 Å². The van der Waals surface area contributed by atoms with Crippen LogP contribution in [-0.2, 0) is 4.79 Å². The molecule has 0 spiro atoms. The van der Waals surface area contributed by atoms with Crippen LogP contribution in [0.4, 0.5) is 0 Å². The Balaban J connectivity index is 2.16. The molecule has 1 heterocycles. The van der Waals surface area contributed by atoms with Crippen LogP contribution in [0.3, 0.4) is 0 Å². The van der Waals surface area contributed by atoms with Gasteiger partial charge in [0.15, 0.2) is 0 Å². The summed E-state index contributed by atoms with van der Waals surface area (Å²) in [7, 11) is 0. The van der Waals surface area contributed by atoms with Gasteiger partial charge in [-0.3, -0.25) is 4.79 Å². The van der Waals surface area contributed by atoms with Crippen LogP contribution in [0.1, 0.15) is 59.3 Å². The summed E-state index contributed by atoms with van der Waals surface area (Å²) in [4.78, 5) is 15.2. The third-order valence-corrected chi connectivity index (χ3v) is 5.43. The molecule has 110 valence electrons. The Morgan fingerprint density at radius 1 is 1.37 bits per heavy atom. The lowest BCUT2D eigenvalue weighted by atomic mass is 9.77. The summed E-state index contributed by atoms with van der Waals surface area (Å²) in [5.41, 5.74) is -0.0669. The first-order chi connectivity index (χ1) is 9.00. The minimum Gasteiger partial charge on any atom is -0.338 e. The van der Waals surface area contributed by atoms with Gasteiger partial charge in [0.25, 0.3) is 0 Å². The first kappa shape index (κ1) is 15.2. The molecule has 0 aromatic carbocycles. The summed E-state index contributed by atoms with van der Waals surface area (Å²) in [5, 5.41) is 0. The number of amides is 1. The van der Waals surface area contributed by atoms with Crippen LogP contribution in [0.2, 0.25) is 0 Å². The summed E-state index contributed by atoms with van der Waals surface area (Å²) < 4.78 is 0. The van der Waals surface area contributed by atoms with Gasteiger partial charge < -0.3 is 4.90 Å². The SMILES string of the molecule is CC(C)CC1(C(=O)N2CCC(C)C2CCl)CCCC1. The van der Waals surface area contributed by atoms with Crippen molar-refractivity contribution < 1.29 is 4.79 Å². The predicted molar refractivity (Wildman–Crippen MR) is 80.4 cm³/mol. The number of nitrogens with zero attached hydrogens (tertiary/aromatic N) is 1. The Hall–Kier alpha value is -0.240. The third-order valence-electron chi connectivity index (χ3n) is 5.11. The van der Waals surface area contributed by atoms with Crippen LogP contribution < -0.4 is 0 Å². The molecule has 0 aromatic rings. The molecule has 1 saturated heterocycles. The number of alkyl halides is 1. The van der Waals surface area contributed by atoms with E-state index < -0.39 is 0 Å². The van der Waals surface area contributed by atoms with Crippen LogP contribution in [0.15, 0.2) is 0 Å². The molecule has 0 N–H and O–H groups in total. The molecule has 2 unspecified atom stereocenters. The summed E-state index contributed by atoms with van der Waals surface area (Å²) >= 11 is 6.11. The topological polar surface area (TPSA) is 20.3 Å². The van der Waals surface area contributed by atoms with Gasteiger partial charge in [0.05, 0.1) is 0 Å². The normalized spacial score (nSPS) is 30.3. The highest BCUT2D eigenvalue weighted by molar-refractivity contribution is 6.18. The minimum atomic E-state index is -0.0669. The molecule has 1 aliphatic carbocycles. The fourth-order valence-corrected chi connectivity index (χ4v) is 4.61. The highest BCUT2D eigenvalue weighted by Gasteiger charge is 2.47. The molecule has 2 aliphatic rings. The van der Waals surface area contributed by atoms with Gasteiger partial charge in [-0.25, -0.2) is 0 Å². The number of rotatable bonds is 4. The van der Waals surface area contributed by atoms with Gasteiger partial charge in [-0.05, 0) is 37.5 Å². The molecule has 1 amide bonds. The van der Waals surface area contributed by atoms with Crippen molar-refractivity contribution in [3.63, 3.8) is 0 Å². The van der Waals surface area contributed by atoms with E-state index in [1.807, 2.05) is 0 Å². The van der Waals surface area contributed by atoms with Crippen molar-refractivity contribution in [2.45, 2.75) is 65.3 Å². The van der Waals surface area contributed by atoms with E-state index in [4.69, 9.17) is 11.6 Å². The summed E-state index contributed by atoms with van der Waals surface area (Å²) in [5.74, 6) is 2.15. The molecule has 1 saturated carbocycles. The molecule has 3 heteroatoms. The summed E-state index contributed by atoms with van der Waals surface area (Å²) in [6.07, 6.45) is 6.77. The van der Waals surface area contributed by atoms with E-state index >= 15 is 0 Å². The van der Waals surface area contributed by atoms with Crippen molar-refractivity contribution in [3.05, 3.63) is 0 Å². The van der Waals surface area contributed by atoms with Gasteiger partial charge in [-0.15, -0.1) is 11.6 Å². The van der Waals surface area contributed by atoms with E-state index in [0.29, 0.717) is 23.6 Å². The minimum absolute atomic E-state index is 0.0669. The summed E-state index contributed by atoms with van der Waals surface area (Å²) in [6.45, 7) is 7.61. The maximum absolute atomic E-state index is 13.1. The van der Waals surface area contributed by atoms with Crippen molar-refractivity contribution >= 4 is 17.5 Å². The molecule has 0 bridgehead atoms. The zero-order chi connectivity index (χ0) is 14.0. The van der Waals surface area contributed by atoms with Crippen LogP contribution >= 0.6 is 11.6 Å². The number of likely N-dealkylation sites (tertiary alicyclic amines) is 1. The van der Waals surface area contributed by atoms with Gasteiger partial charge in [0.2, 0.25) is 5.91 Å². The van der Waals surface area contributed by atoms with Crippen molar-refractivity contribution in [3.8, 4) is 0 Å². The Kier molecular flexibility index (Phi) is 4.81. The number of hydrogen-bond donors (Lipinski definition) is 0. The molecular formula is C16H28ClNO. The van der Waals surface area contributed by atoms with E-state index in [1.54, 1.807) is 0 Å². The monoisotopic (exact) mass is 285 g/mol. The molecule has 0 radical (unpaired) electrons. The second-order valence-electron chi connectivity index (χ2n) is 7.07. The van der Waals surface area contributed by atoms with Gasteiger partial charge in [0, 0.05) is 23.9 Å². The number of halogens is 1. The van der Waals surface area contributed by atoms with E-state index in [0.717, 1.165) is 32.2 Å². The zero-order valence-corrected chi connectivity index (χ0v) is 13.4. The highest BCUT2D eigenvalue weighted by Crippen LogP contribution is 2.46. The Morgan fingerprint density at radius 3 is 2.53 bits per heavy atom. The van der Waals surface area contributed by atoms with Crippen molar-refractivity contribution in [2.24, 2.45) is 17.3 Å². The second kappa shape index (κ2) is 6.03. The molecule has 19 heavy (non-hydrogen) atoms. The lowest BCUT2D eigenvalue weighted by molar-refractivity contribution is -0.143. The van der Waals surface area contributed by atoms with E-state index in [2.05, 4.69) is 25.7 Å². The maximum Gasteiger partial charge on any atom is 0.229 e. The highest BCUT2D eigenvalue weighted by atomic mass is 35.5. The first-order valence-corrected chi connectivity index (χ1v) is 8.40. The number of carbonyl (C=O) groups is 1. The Morgan fingerprint density at radius 2 is 2.00 bits per heavy atom. The van der Waals surface area contributed by atoms with Crippen LogP contribution in [0, 0.1) is 17.3 Å². The molecule has 2 nitrogen and oxygen atoms in total. The van der Waals surface area contributed by atoms with Gasteiger partial charge in [-0.1, -0.05) is 33.6 Å². The maximum atomic E-state index is 13.1. The molecule has 0 aromatic heterocycles. The second-order valence-corrected chi connectivity index (χ2v) is 7.38. The predicted octanol–water partition coefficient (Wildman–Crippen LogP) is 4.07. The fourth-order valence-electron chi connectivity index (χ4n) is 4.14. The average molecular weight is 286 g/mol. The molecule has 2 fully saturated rings. The molecule has 1 aliphatic heterocycles. The lowest BCUT2D eigenvalue weighted by Gasteiger charge is -2.36. The Labute approximate surface area is 122 Å². The van der Waals surface area contributed by atoms with Gasteiger partial charge >= 0.3 is 0 Å². The van der Waals surface area contributed by atoms with Crippen molar-refractivity contribution in [1.82, 2.24) is 4.90 Å². The fraction of sp³-hybridized carbons (Fsp3) is 0.938. The largest absolute Gasteiger partial charge is 0.338 e. The van der Waals surface area contributed by atoms with Crippen molar-refractivity contribution in [1.29, 1.82) is 0 Å². The summed E-state index contributed by atoms with van der Waals surface area (Å²) in [6, 6.07) is 0.263. The zero-order valence-electron chi connectivity index (χ0n) is 12.6. The Bertz CT molecular complexity index is 323. The third kappa shape index (κ3) is 2.94. The standard InChI is InChI=1S/C16H28ClNO/c1-12(2)10-16(7-4-5-8-16)15(19)18-9-6-13(3)14(18)11-17/h12-14H,4-11H2,1-3H3. The molecule has 2 atom stereocenters. The average Bonchev–Trinajstić information content (AvgIpc) is 2.95. The van der Waals surface area contributed by atoms with Crippen LogP contribution in [0.5, 0.6) is 0 Å². The number of hydrogen-bond acceptors (Lipinski definition) is 1. The lowest BCUT2D eigenvalue weighted by Crippen LogP contribution is -2.47. The number of carbonyl (C=O) groups excluding carboxylic acids is 1. The molecular weight excluding hydrogens is 258 g/mol. The van der Waals surface area contributed by atoms with E-state index in [-0.39, 0.29) is 11.5 Å². The quantitative estimate of drug-likeness (QED) is 0.713. The molecule has 2 rings (SSSR count). The first-order valence-electron chi connectivity index (χ1n) is 7.87. The van der Waals surface area contributed by atoms with E-state index in [9.17, 15) is 4.79 Å². The van der Waals surface area contributed by atoms with E-state index in [1.165, 1.54) is 12.8 Å². The van der Waals surface area contributed by atoms with Crippen LogP contribution in [-0.4, -0.2) is 29.3 Å². The van der Waals surface area contributed by atoms with Crippen LogP contribution in [0.25, 0.3) is 0 Å².